The zero-order valence-electron chi connectivity index (χ0n) is 13.0. The summed E-state index contributed by atoms with van der Waals surface area (Å²) in [7, 11) is 2.07. The third-order valence-corrected chi connectivity index (χ3v) is 4.83. The fraction of sp³-hybridized carbons (Fsp3) is 0.733. The van der Waals surface area contributed by atoms with Crippen LogP contribution in [0.2, 0.25) is 0 Å². The maximum atomic E-state index is 11.2. The first-order chi connectivity index (χ1) is 9.41. The number of hydrogen-bond acceptors (Lipinski definition) is 5. The highest BCUT2D eigenvalue weighted by molar-refractivity contribution is 7.17. The predicted molar refractivity (Wildman–Crippen MR) is 85.1 cm³/mol. The lowest BCUT2D eigenvalue weighted by Gasteiger charge is -2.21. The third kappa shape index (κ3) is 3.58. The van der Waals surface area contributed by atoms with Crippen LogP contribution in [-0.2, 0) is 5.41 Å². The van der Waals surface area contributed by atoms with Crippen molar-refractivity contribution in [2.75, 3.05) is 38.1 Å². The number of aromatic nitrogens is 1. The van der Waals surface area contributed by atoms with Crippen LogP contribution in [-0.4, -0.2) is 49.4 Å². The summed E-state index contributed by atoms with van der Waals surface area (Å²) < 4.78 is 0. The van der Waals surface area contributed by atoms with Crippen molar-refractivity contribution in [1.29, 1.82) is 0 Å². The third-order valence-electron chi connectivity index (χ3n) is 3.74. The molecule has 5 heteroatoms. The van der Waals surface area contributed by atoms with Crippen molar-refractivity contribution in [1.82, 2.24) is 9.88 Å². The molecule has 0 atom stereocenters. The molecule has 0 aliphatic carbocycles. The summed E-state index contributed by atoms with van der Waals surface area (Å²) in [5.74, 6) is 0. The highest BCUT2D eigenvalue weighted by Gasteiger charge is 2.24. The fourth-order valence-electron chi connectivity index (χ4n) is 2.49. The number of carbonyl (C=O) groups is 1. The second kappa shape index (κ2) is 6.22. The van der Waals surface area contributed by atoms with Gasteiger partial charge in [0.2, 0.25) is 0 Å². The van der Waals surface area contributed by atoms with Crippen LogP contribution in [0.25, 0.3) is 0 Å². The summed E-state index contributed by atoms with van der Waals surface area (Å²) in [5.41, 5.74) is 0.835. The number of hydrogen-bond donors (Lipinski definition) is 0. The van der Waals surface area contributed by atoms with Crippen molar-refractivity contribution in [2.45, 2.75) is 39.0 Å². The van der Waals surface area contributed by atoms with Crippen molar-refractivity contribution in [2.24, 2.45) is 0 Å². The maximum absolute atomic E-state index is 11.2. The fourth-order valence-corrected chi connectivity index (χ4v) is 3.57. The van der Waals surface area contributed by atoms with E-state index in [2.05, 4.69) is 37.6 Å². The Bertz CT molecular complexity index is 458. The zero-order valence-corrected chi connectivity index (χ0v) is 13.8. The number of carbonyl (C=O) groups excluding carboxylic acids is 1. The SMILES string of the molecule is CN(CCN1CCCC1)c1nc(C(C)(C)C)c(C=O)s1. The molecule has 1 saturated heterocycles. The van der Waals surface area contributed by atoms with Crippen LogP contribution in [0.1, 0.15) is 49.0 Å². The Morgan fingerprint density at radius 3 is 2.50 bits per heavy atom. The Hall–Kier alpha value is -0.940. The molecule has 1 aliphatic rings. The summed E-state index contributed by atoms with van der Waals surface area (Å²) in [5, 5.41) is 0.955. The molecule has 0 spiro atoms. The van der Waals surface area contributed by atoms with Crippen LogP contribution in [0.5, 0.6) is 0 Å². The van der Waals surface area contributed by atoms with E-state index in [0.29, 0.717) is 0 Å². The van der Waals surface area contributed by atoms with Gasteiger partial charge >= 0.3 is 0 Å². The van der Waals surface area contributed by atoms with Crippen LogP contribution in [0, 0.1) is 0 Å². The minimum atomic E-state index is -0.0826. The number of rotatable bonds is 5. The van der Waals surface area contributed by atoms with E-state index < -0.39 is 0 Å². The summed E-state index contributed by atoms with van der Waals surface area (Å²) >= 11 is 1.51. The molecule has 1 aromatic rings. The monoisotopic (exact) mass is 295 g/mol. The van der Waals surface area contributed by atoms with Crippen molar-refractivity contribution >= 4 is 22.8 Å². The van der Waals surface area contributed by atoms with E-state index in [0.717, 1.165) is 35.1 Å². The van der Waals surface area contributed by atoms with Crippen LogP contribution in [0.3, 0.4) is 0 Å². The van der Waals surface area contributed by atoms with Gasteiger partial charge < -0.3 is 9.80 Å². The van der Waals surface area contributed by atoms with E-state index in [9.17, 15) is 4.79 Å². The molecule has 0 radical (unpaired) electrons. The molecule has 1 fully saturated rings. The van der Waals surface area contributed by atoms with Crippen LogP contribution in [0.15, 0.2) is 0 Å². The van der Waals surface area contributed by atoms with E-state index in [-0.39, 0.29) is 5.41 Å². The molecule has 0 amide bonds. The Kier molecular flexibility index (Phi) is 4.81. The van der Waals surface area contributed by atoms with Gasteiger partial charge in [0.05, 0.1) is 10.6 Å². The molecule has 2 heterocycles. The minimum absolute atomic E-state index is 0.0826. The molecule has 0 unspecified atom stereocenters. The average Bonchev–Trinajstić information content (AvgIpc) is 3.03. The van der Waals surface area contributed by atoms with Gasteiger partial charge in [0.15, 0.2) is 11.4 Å². The number of nitrogens with zero attached hydrogens (tertiary/aromatic N) is 3. The van der Waals surface area contributed by atoms with E-state index in [1.165, 1.54) is 37.3 Å². The van der Waals surface area contributed by atoms with Crippen molar-refractivity contribution < 1.29 is 4.79 Å². The Balaban J connectivity index is 2.03. The standard InChI is InChI=1S/C15H25N3OS/c1-15(2,3)13-12(11-19)20-14(16-13)17(4)9-10-18-7-5-6-8-18/h11H,5-10H2,1-4H3. The molecular formula is C15H25N3OS. The lowest BCUT2D eigenvalue weighted by atomic mass is 9.91. The number of aldehydes is 1. The predicted octanol–water partition coefficient (Wildman–Crippen LogP) is 2.79. The summed E-state index contributed by atoms with van der Waals surface area (Å²) in [4.78, 5) is 21.3. The first-order valence-electron chi connectivity index (χ1n) is 7.32. The van der Waals surface area contributed by atoms with Crippen LogP contribution in [0.4, 0.5) is 5.13 Å². The molecular weight excluding hydrogens is 270 g/mol. The average molecular weight is 295 g/mol. The Labute approximate surface area is 125 Å². The van der Waals surface area contributed by atoms with Crippen LogP contribution >= 0.6 is 11.3 Å². The van der Waals surface area contributed by atoms with E-state index in [1.54, 1.807) is 0 Å². The topological polar surface area (TPSA) is 36.4 Å². The van der Waals surface area contributed by atoms with E-state index in [4.69, 9.17) is 4.98 Å². The molecule has 112 valence electrons. The largest absolute Gasteiger partial charge is 0.350 e. The Morgan fingerprint density at radius 2 is 2.00 bits per heavy atom. The van der Waals surface area contributed by atoms with Gasteiger partial charge in [-0.3, -0.25) is 4.79 Å². The second-order valence-corrected chi connectivity index (χ2v) is 7.56. The highest BCUT2D eigenvalue weighted by Crippen LogP contribution is 2.32. The quantitative estimate of drug-likeness (QED) is 0.783. The number of likely N-dealkylation sites (tertiary alicyclic amines) is 1. The smallest absolute Gasteiger partial charge is 0.186 e. The molecule has 2 rings (SSSR count). The van der Waals surface area contributed by atoms with E-state index >= 15 is 0 Å². The molecule has 0 N–H and O–H groups in total. The molecule has 1 aromatic heterocycles. The molecule has 0 saturated carbocycles. The maximum Gasteiger partial charge on any atom is 0.186 e. The summed E-state index contributed by atoms with van der Waals surface area (Å²) in [6, 6.07) is 0. The second-order valence-electron chi connectivity index (χ2n) is 6.55. The highest BCUT2D eigenvalue weighted by atomic mass is 32.1. The van der Waals surface area contributed by atoms with Gasteiger partial charge in [0.1, 0.15) is 0 Å². The minimum Gasteiger partial charge on any atom is -0.350 e. The number of likely N-dealkylation sites (N-methyl/N-ethyl adjacent to an activating group) is 1. The van der Waals surface area contributed by atoms with Gasteiger partial charge in [-0.2, -0.15) is 0 Å². The molecule has 0 bridgehead atoms. The lowest BCUT2D eigenvalue weighted by molar-refractivity contribution is 0.112. The molecule has 0 aromatic carbocycles. The zero-order chi connectivity index (χ0) is 14.8. The van der Waals surface area contributed by atoms with E-state index in [1.807, 2.05) is 0 Å². The van der Waals surface area contributed by atoms with Gasteiger partial charge in [-0.15, -0.1) is 0 Å². The molecule has 20 heavy (non-hydrogen) atoms. The van der Waals surface area contributed by atoms with Gasteiger partial charge in [-0.05, 0) is 25.9 Å². The van der Waals surface area contributed by atoms with Crippen molar-refractivity contribution in [3.05, 3.63) is 10.6 Å². The lowest BCUT2D eigenvalue weighted by Crippen LogP contribution is -2.31. The summed E-state index contributed by atoms with van der Waals surface area (Å²) in [6.45, 7) is 10.8. The molecule has 1 aliphatic heterocycles. The summed E-state index contributed by atoms with van der Waals surface area (Å²) in [6.07, 6.45) is 3.59. The first-order valence-corrected chi connectivity index (χ1v) is 8.13. The van der Waals surface area contributed by atoms with Crippen molar-refractivity contribution in [3.8, 4) is 0 Å². The van der Waals surface area contributed by atoms with Gasteiger partial charge in [-0.25, -0.2) is 4.98 Å². The first kappa shape index (κ1) is 15.4. The van der Waals surface area contributed by atoms with Gasteiger partial charge in [0.25, 0.3) is 0 Å². The number of anilines is 1. The van der Waals surface area contributed by atoms with Gasteiger partial charge in [0, 0.05) is 25.6 Å². The van der Waals surface area contributed by atoms with Crippen LogP contribution < -0.4 is 4.90 Å². The number of thiazole rings is 1. The molecule has 4 nitrogen and oxygen atoms in total. The van der Waals surface area contributed by atoms with Crippen molar-refractivity contribution in [3.63, 3.8) is 0 Å². The Morgan fingerprint density at radius 1 is 1.35 bits per heavy atom. The normalized spacial score (nSPS) is 16.6. The van der Waals surface area contributed by atoms with Gasteiger partial charge in [-0.1, -0.05) is 32.1 Å².